The van der Waals surface area contributed by atoms with Crippen molar-refractivity contribution in [2.75, 3.05) is 0 Å². The van der Waals surface area contributed by atoms with Crippen molar-refractivity contribution in [3.8, 4) is 12.1 Å². The molecule has 1 aliphatic carbocycles. The Morgan fingerprint density at radius 1 is 1.67 bits per heavy atom. The van der Waals surface area contributed by atoms with E-state index in [2.05, 4.69) is 12.0 Å². The molecular weight excluding hydrogens is 115 g/mol. The summed E-state index contributed by atoms with van der Waals surface area (Å²) in [5.74, 6) is 2.41. The lowest BCUT2D eigenvalue weighted by Crippen LogP contribution is -1.72. The van der Waals surface area contributed by atoms with Gasteiger partial charge in [0.1, 0.15) is 6.17 Å². The summed E-state index contributed by atoms with van der Waals surface area (Å²) >= 11 is 0. The molecule has 0 aromatic rings. The topological polar surface area (TPSA) is 0 Å². The van der Waals surface area contributed by atoms with E-state index >= 15 is 0 Å². The van der Waals surface area contributed by atoms with E-state index in [0.29, 0.717) is 6.42 Å². The third-order valence-corrected chi connectivity index (χ3v) is 1.52. The summed E-state index contributed by atoms with van der Waals surface area (Å²) < 4.78 is 11.3. The summed E-state index contributed by atoms with van der Waals surface area (Å²) in [6, 6.07) is 0. The number of hydrogen-bond donors (Lipinski definition) is 0. The number of hydrogen-bond acceptors (Lipinski definition) is 0. The van der Waals surface area contributed by atoms with Gasteiger partial charge >= 0.3 is 0 Å². The van der Waals surface area contributed by atoms with Crippen molar-refractivity contribution >= 4 is 0 Å². The van der Waals surface area contributed by atoms with Crippen LogP contribution >= 0.6 is 0 Å². The minimum atomic E-state index is 0.635. The van der Waals surface area contributed by atoms with Gasteiger partial charge < -0.3 is 0 Å². The van der Waals surface area contributed by atoms with Crippen LogP contribution < -0.4 is 0 Å². The minimum absolute atomic E-state index is 0.635. The van der Waals surface area contributed by atoms with E-state index in [1.807, 2.05) is 0 Å². The quantitative estimate of drug-likeness (QED) is 0.372. The molecule has 0 N–H and O–H groups in total. The van der Waals surface area contributed by atoms with Crippen molar-refractivity contribution in [1.29, 1.82) is 0 Å². The lowest BCUT2D eigenvalue weighted by molar-refractivity contribution is 0.771. The smallest absolute Gasteiger partial charge is 0.105 e. The van der Waals surface area contributed by atoms with E-state index in [1.165, 1.54) is 18.2 Å². The first-order chi connectivity index (χ1) is 4.43. The van der Waals surface area contributed by atoms with Crippen LogP contribution in [0.25, 0.3) is 0 Å². The van der Waals surface area contributed by atoms with Crippen LogP contribution in [-0.4, -0.2) is 0 Å². The Labute approximate surface area is 54.8 Å². The molecule has 0 aromatic carbocycles. The Kier molecular flexibility index (Phi) is 2.32. The summed E-state index contributed by atoms with van der Waals surface area (Å²) in [5, 5.41) is 0. The van der Waals surface area contributed by atoms with Gasteiger partial charge in [-0.05, 0) is 19.3 Å². The number of rotatable bonds is 1. The van der Waals surface area contributed by atoms with Crippen LogP contribution in [-0.2, 0) is 0 Å². The molecule has 0 amide bonds. The molecule has 0 spiro atoms. The van der Waals surface area contributed by atoms with E-state index in [-0.39, 0.29) is 0 Å². The second-order valence-corrected chi connectivity index (χ2v) is 2.20. The first-order valence-corrected chi connectivity index (χ1v) is 3.20. The molecule has 0 bridgehead atoms. The molecule has 1 aliphatic rings. The molecule has 0 aliphatic heterocycles. The molecule has 0 nitrogen and oxygen atoms in total. The summed E-state index contributed by atoms with van der Waals surface area (Å²) in [4.78, 5) is 0. The van der Waals surface area contributed by atoms with Crippen LogP contribution in [0.1, 0.15) is 25.7 Å². The van der Waals surface area contributed by atoms with Crippen molar-refractivity contribution in [1.82, 2.24) is 0 Å². The van der Waals surface area contributed by atoms with Crippen LogP contribution in [0.3, 0.4) is 0 Å². The highest BCUT2D eigenvalue weighted by Crippen LogP contribution is 2.19. The van der Waals surface area contributed by atoms with E-state index in [1.54, 1.807) is 0 Å². The van der Waals surface area contributed by atoms with Gasteiger partial charge in [0, 0.05) is 6.42 Å². The standard InChI is InChI=1S/C8H9F/c9-7-3-6-8-4-1-2-5-8/h4H,1-2,5-6H2. The monoisotopic (exact) mass is 124 g/mol. The first-order valence-electron chi connectivity index (χ1n) is 3.20. The predicted octanol–water partition coefficient (Wildman–Crippen LogP) is 2.42. The molecule has 0 radical (unpaired) electrons. The van der Waals surface area contributed by atoms with Gasteiger partial charge in [0.25, 0.3) is 0 Å². The van der Waals surface area contributed by atoms with Crippen LogP contribution in [0.4, 0.5) is 4.39 Å². The predicted molar refractivity (Wildman–Crippen MR) is 35.4 cm³/mol. The van der Waals surface area contributed by atoms with Crippen molar-refractivity contribution in [2.24, 2.45) is 0 Å². The summed E-state index contributed by atoms with van der Waals surface area (Å²) in [5.41, 5.74) is 1.31. The molecule has 9 heavy (non-hydrogen) atoms. The molecule has 0 saturated heterocycles. The molecule has 0 aromatic heterocycles. The Hall–Kier alpha value is -0.770. The highest BCUT2D eigenvalue weighted by Gasteiger charge is 2.00. The Balaban J connectivity index is 2.32. The van der Waals surface area contributed by atoms with E-state index in [0.717, 1.165) is 12.8 Å². The van der Waals surface area contributed by atoms with Gasteiger partial charge in [-0.25, -0.2) is 0 Å². The maximum atomic E-state index is 11.3. The maximum absolute atomic E-state index is 11.3. The van der Waals surface area contributed by atoms with E-state index in [9.17, 15) is 4.39 Å². The highest BCUT2D eigenvalue weighted by atomic mass is 19.1. The van der Waals surface area contributed by atoms with Gasteiger partial charge in [0.05, 0.1) is 0 Å². The van der Waals surface area contributed by atoms with Crippen LogP contribution in [0.5, 0.6) is 0 Å². The van der Waals surface area contributed by atoms with Crippen molar-refractivity contribution in [3.05, 3.63) is 11.6 Å². The lowest BCUT2D eigenvalue weighted by Gasteiger charge is -1.88. The average molecular weight is 124 g/mol. The van der Waals surface area contributed by atoms with Crippen molar-refractivity contribution in [2.45, 2.75) is 25.7 Å². The normalized spacial score (nSPS) is 16.3. The molecule has 0 saturated carbocycles. The molecule has 0 unspecified atom stereocenters. The molecular formula is C8H9F. The zero-order valence-electron chi connectivity index (χ0n) is 5.28. The SMILES string of the molecule is FC#CCC1=CCCC1. The van der Waals surface area contributed by atoms with Gasteiger partial charge in [-0.1, -0.05) is 17.6 Å². The average Bonchev–Trinajstić information content (AvgIpc) is 2.34. The van der Waals surface area contributed by atoms with Crippen molar-refractivity contribution < 1.29 is 4.39 Å². The zero-order chi connectivity index (χ0) is 6.53. The first kappa shape index (κ1) is 6.35. The highest BCUT2D eigenvalue weighted by molar-refractivity contribution is 5.14. The number of halogens is 1. The second kappa shape index (κ2) is 3.29. The molecule has 0 fully saturated rings. The molecule has 1 heteroatoms. The van der Waals surface area contributed by atoms with Gasteiger partial charge in [-0.15, -0.1) is 4.39 Å². The minimum Gasteiger partial charge on any atom is -0.144 e. The number of allylic oxidation sites excluding steroid dienone is 2. The van der Waals surface area contributed by atoms with Gasteiger partial charge in [-0.2, -0.15) is 0 Å². The van der Waals surface area contributed by atoms with Gasteiger partial charge in [-0.3, -0.25) is 0 Å². The van der Waals surface area contributed by atoms with E-state index in [4.69, 9.17) is 0 Å². The third-order valence-electron chi connectivity index (χ3n) is 1.52. The van der Waals surface area contributed by atoms with Crippen LogP contribution in [0.15, 0.2) is 11.6 Å². The molecule has 0 atom stereocenters. The van der Waals surface area contributed by atoms with Crippen molar-refractivity contribution in [3.63, 3.8) is 0 Å². The Bertz CT molecular complexity index is 169. The fourth-order valence-electron chi connectivity index (χ4n) is 1.04. The summed E-state index contributed by atoms with van der Waals surface area (Å²) in [7, 11) is 0. The van der Waals surface area contributed by atoms with Crippen LogP contribution in [0, 0.1) is 12.1 Å². The summed E-state index contributed by atoms with van der Waals surface area (Å²) in [6.45, 7) is 0. The Morgan fingerprint density at radius 2 is 2.56 bits per heavy atom. The third kappa shape index (κ3) is 1.89. The molecule has 48 valence electrons. The largest absolute Gasteiger partial charge is 0.144 e. The summed E-state index contributed by atoms with van der Waals surface area (Å²) in [6.07, 6.45) is 7.70. The lowest BCUT2D eigenvalue weighted by atomic mass is 10.2. The Morgan fingerprint density at radius 3 is 3.11 bits per heavy atom. The van der Waals surface area contributed by atoms with Gasteiger partial charge in [0.15, 0.2) is 0 Å². The fraction of sp³-hybridized carbons (Fsp3) is 0.500. The molecule has 0 heterocycles. The maximum Gasteiger partial charge on any atom is 0.105 e. The zero-order valence-corrected chi connectivity index (χ0v) is 5.28. The van der Waals surface area contributed by atoms with Crippen LogP contribution in [0.2, 0.25) is 0 Å². The van der Waals surface area contributed by atoms with E-state index < -0.39 is 0 Å². The van der Waals surface area contributed by atoms with Gasteiger partial charge in [0.2, 0.25) is 0 Å². The second-order valence-electron chi connectivity index (χ2n) is 2.20. The fourth-order valence-corrected chi connectivity index (χ4v) is 1.04. The molecule has 1 rings (SSSR count).